The number of hydrogen-bond acceptors (Lipinski definition) is 4. The van der Waals surface area contributed by atoms with E-state index in [9.17, 15) is 4.79 Å². The van der Waals surface area contributed by atoms with Crippen LogP contribution in [0.5, 0.6) is 5.88 Å². The summed E-state index contributed by atoms with van der Waals surface area (Å²) in [5.74, 6) is 1.07. The van der Waals surface area contributed by atoms with Gasteiger partial charge in [-0.25, -0.2) is 0 Å². The van der Waals surface area contributed by atoms with Crippen molar-refractivity contribution in [1.82, 2.24) is 10.3 Å². The number of methoxy groups -OCH3 is 1. The first-order valence-corrected chi connectivity index (χ1v) is 5.91. The van der Waals surface area contributed by atoms with Gasteiger partial charge in [0.05, 0.1) is 7.11 Å². The van der Waals surface area contributed by atoms with Gasteiger partial charge in [-0.2, -0.15) is 4.98 Å². The van der Waals surface area contributed by atoms with E-state index in [1.807, 2.05) is 26.8 Å². The molecule has 18 heavy (non-hydrogen) atoms. The van der Waals surface area contributed by atoms with E-state index in [1.165, 1.54) is 0 Å². The summed E-state index contributed by atoms with van der Waals surface area (Å²) in [4.78, 5) is 16.1. The van der Waals surface area contributed by atoms with Crippen molar-refractivity contribution >= 4 is 11.7 Å². The molecule has 0 aliphatic rings. The number of hydrogen-bond donors (Lipinski definition) is 2. The molecule has 1 amide bonds. The van der Waals surface area contributed by atoms with Crippen molar-refractivity contribution in [2.24, 2.45) is 0 Å². The minimum atomic E-state index is -0.358. The quantitative estimate of drug-likeness (QED) is 0.856. The third-order valence-electron chi connectivity index (χ3n) is 2.19. The average Bonchev–Trinajstić information content (AvgIpc) is 2.27. The molecule has 0 saturated carbocycles. The molecule has 0 aliphatic heterocycles. The van der Waals surface area contributed by atoms with Gasteiger partial charge in [0.2, 0.25) is 11.8 Å². The fourth-order valence-electron chi connectivity index (χ4n) is 1.37. The molecule has 5 nitrogen and oxygen atoms in total. The van der Waals surface area contributed by atoms with Crippen LogP contribution >= 0.6 is 0 Å². The first kappa shape index (κ1) is 14.3. The number of anilines is 1. The van der Waals surface area contributed by atoms with Crippen LogP contribution in [0.4, 0.5) is 5.82 Å². The predicted octanol–water partition coefficient (Wildman–Crippen LogP) is 1.81. The number of rotatable bonds is 4. The number of carbonyl (C=O) groups is 1. The number of pyridine rings is 1. The molecule has 0 aliphatic carbocycles. The molecule has 1 aromatic heterocycles. The number of carbonyl (C=O) groups excluding carboxylic acids is 1. The van der Waals surface area contributed by atoms with Gasteiger partial charge in [-0.15, -0.1) is 0 Å². The summed E-state index contributed by atoms with van der Waals surface area (Å²) >= 11 is 0. The van der Waals surface area contributed by atoms with Crippen molar-refractivity contribution in [2.75, 3.05) is 12.4 Å². The zero-order valence-electron chi connectivity index (χ0n) is 11.6. The van der Waals surface area contributed by atoms with Gasteiger partial charge in [0.25, 0.3) is 0 Å². The summed E-state index contributed by atoms with van der Waals surface area (Å²) in [6.07, 6.45) is 0. The fourth-order valence-corrected chi connectivity index (χ4v) is 1.37. The van der Waals surface area contributed by atoms with E-state index in [4.69, 9.17) is 4.74 Å². The fraction of sp³-hybridized carbons (Fsp3) is 0.538. The Kier molecular flexibility index (Phi) is 4.53. The number of nitrogens with zero attached hydrogens (tertiary/aromatic N) is 1. The highest BCUT2D eigenvalue weighted by molar-refractivity contribution is 5.84. The van der Waals surface area contributed by atoms with E-state index >= 15 is 0 Å². The SMILES string of the molecule is COc1cccc(NC(C)C(=O)NC(C)(C)C)n1. The highest BCUT2D eigenvalue weighted by atomic mass is 16.5. The number of amides is 1. The van der Waals surface area contributed by atoms with E-state index < -0.39 is 0 Å². The lowest BCUT2D eigenvalue weighted by molar-refractivity contribution is -0.122. The van der Waals surface area contributed by atoms with E-state index in [0.717, 1.165) is 0 Å². The molecule has 1 aromatic rings. The molecule has 0 radical (unpaired) electrons. The van der Waals surface area contributed by atoms with Gasteiger partial charge in [-0.3, -0.25) is 4.79 Å². The third kappa shape index (κ3) is 4.61. The van der Waals surface area contributed by atoms with Gasteiger partial charge in [-0.1, -0.05) is 6.07 Å². The Bertz CT molecular complexity index is 413. The Morgan fingerprint density at radius 1 is 1.39 bits per heavy atom. The van der Waals surface area contributed by atoms with Gasteiger partial charge in [0.1, 0.15) is 11.9 Å². The van der Waals surface area contributed by atoms with Gasteiger partial charge in [0, 0.05) is 11.6 Å². The van der Waals surface area contributed by atoms with Crippen molar-refractivity contribution in [3.8, 4) is 5.88 Å². The Balaban J connectivity index is 2.63. The van der Waals surface area contributed by atoms with E-state index in [1.54, 1.807) is 26.2 Å². The molecule has 0 bridgehead atoms. The van der Waals surface area contributed by atoms with Crippen molar-refractivity contribution in [1.29, 1.82) is 0 Å². The molecule has 0 aromatic carbocycles. The summed E-state index contributed by atoms with van der Waals surface area (Å²) in [6, 6.07) is 5.01. The topological polar surface area (TPSA) is 63.2 Å². The highest BCUT2D eigenvalue weighted by Crippen LogP contribution is 2.12. The molecule has 1 unspecified atom stereocenters. The van der Waals surface area contributed by atoms with Crippen LogP contribution in [0.1, 0.15) is 27.7 Å². The van der Waals surface area contributed by atoms with Gasteiger partial charge in [0.15, 0.2) is 0 Å². The predicted molar refractivity (Wildman–Crippen MR) is 71.8 cm³/mol. The Labute approximate surface area is 108 Å². The molecule has 0 fully saturated rings. The van der Waals surface area contributed by atoms with Crippen molar-refractivity contribution < 1.29 is 9.53 Å². The summed E-state index contributed by atoms with van der Waals surface area (Å²) in [5.41, 5.74) is -0.241. The van der Waals surface area contributed by atoms with E-state index in [0.29, 0.717) is 11.7 Å². The standard InChI is InChI=1S/C13H21N3O2/c1-9(12(17)16-13(2,3)4)14-10-7-6-8-11(15-10)18-5/h6-9H,1-5H3,(H,14,15)(H,16,17). The second-order valence-corrected chi connectivity index (χ2v) is 5.17. The summed E-state index contributed by atoms with van der Waals surface area (Å²) < 4.78 is 5.03. The summed E-state index contributed by atoms with van der Waals surface area (Å²) in [6.45, 7) is 7.63. The zero-order valence-corrected chi connectivity index (χ0v) is 11.6. The number of nitrogens with one attached hydrogen (secondary N) is 2. The lowest BCUT2D eigenvalue weighted by Crippen LogP contribution is -2.47. The van der Waals surface area contributed by atoms with Gasteiger partial charge >= 0.3 is 0 Å². The van der Waals surface area contributed by atoms with Crippen molar-refractivity contribution in [2.45, 2.75) is 39.3 Å². The lowest BCUT2D eigenvalue weighted by atomic mass is 10.1. The van der Waals surface area contributed by atoms with Crippen molar-refractivity contribution in [3.63, 3.8) is 0 Å². The van der Waals surface area contributed by atoms with E-state index in [-0.39, 0.29) is 17.5 Å². The first-order valence-electron chi connectivity index (χ1n) is 5.91. The molecule has 1 rings (SSSR count). The number of ether oxygens (including phenoxy) is 1. The molecule has 2 N–H and O–H groups in total. The molecule has 100 valence electrons. The minimum Gasteiger partial charge on any atom is -0.481 e. The molecule has 5 heteroatoms. The molecule has 1 atom stereocenters. The van der Waals surface area contributed by atoms with Gasteiger partial charge in [-0.05, 0) is 33.8 Å². The van der Waals surface area contributed by atoms with Crippen LogP contribution < -0.4 is 15.4 Å². The zero-order chi connectivity index (χ0) is 13.8. The van der Waals surface area contributed by atoms with Crippen LogP contribution in [0.3, 0.4) is 0 Å². The minimum absolute atomic E-state index is 0.0629. The summed E-state index contributed by atoms with van der Waals surface area (Å²) in [5, 5.41) is 5.94. The van der Waals surface area contributed by atoms with Crippen LogP contribution in [0.15, 0.2) is 18.2 Å². The second-order valence-electron chi connectivity index (χ2n) is 5.17. The van der Waals surface area contributed by atoms with Crippen LogP contribution in [0, 0.1) is 0 Å². The van der Waals surface area contributed by atoms with Crippen LogP contribution in [-0.2, 0) is 4.79 Å². The normalized spacial score (nSPS) is 12.7. The maximum absolute atomic E-state index is 11.9. The van der Waals surface area contributed by atoms with Gasteiger partial charge < -0.3 is 15.4 Å². The summed E-state index contributed by atoms with van der Waals surface area (Å²) in [7, 11) is 1.56. The maximum atomic E-state index is 11.9. The largest absolute Gasteiger partial charge is 0.481 e. The number of aromatic nitrogens is 1. The Morgan fingerprint density at radius 3 is 2.61 bits per heavy atom. The Morgan fingerprint density at radius 2 is 2.06 bits per heavy atom. The highest BCUT2D eigenvalue weighted by Gasteiger charge is 2.19. The molecular weight excluding hydrogens is 230 g/mol. The van der Waals surface area contributed by atoms with Crippen LogP contribution in [0.25, 0.3) is 0 Å². The first-order chi connectivity index (χ1) is 8.31. The van der Waals surface area contributed by atoms with Crippen LogP contribution in [-0.4, -0.2) is 29.6 Å². The lowest BCUT2D eigenvalue weighted by Gasteiger charge is -2.23. The molecule has 0 spiro atoms. The monoisotopic (exact) mass is 251 g/mol. The second kappa shape index (κ2) is 5.71. The van der Waals surface area contributed by atoms with Crippen molar-refractivity contribution in [3.05, 3.63) is 18.2 Å². The van der Waals surface area contributed by atoms with Crippen LogP contribution in [0.2, 0.25) is 0 Å². The average molecular weight is 251 g/mol. The maximum Gasteiger partial charge on any atom is 0.242 e. The smallest absolute Gasteiger partial charge is 0.242 e. The molecule has 0 saturated heterocycles. The molecule has 1 heterocycles. The third-order valence-corrected chi connectivity index (χ3v) is 2.19. The Hall–Kier alpha value is -1.78. The molecular formula is C13H21N3O2. The van der Waals surface area contributed by atoms with E-state index in [2.05, 4.69) is 15.6 Å².